The van der Waals surface area contributed by atoms with Crippen LogP contribution in [0.5, 0.6) is 0 Å². The molecular weight excluding hydrogens is 644 g/mol. The lowest BCUT2D eigenvalue weighted by Crippen LogP contribution is -2.33. The van der Waals surface area contributed by atoms with Gasteiger partial charge in [0.1, 0.15) is 15.9 Å². The van der Waals surface area contributed by atoms with Gasteiger partial charge in [-0.2, -0.15) is 0 Å². The molecule has 0 fully saturated rings. The van der Waals surface area contributed by atoms with Gasteiger partial charge in [-0.25, -0.2) is 11.5 Å². The van der Waals surface area contributed by atoms with Crippen LogP contribution >= 0.6 is 41.9 Å². The van der Waals surface area contributed by atoms with Crippen molar-refractivity contribution in [2.24, 2.45) is 0 Å². The molecule has 0 saturated heterocycles. The van der Waals surface area contributed by atoms with E-state index in [1.807, 2.05) is 0 Å². The van der Waals surface area contributed by atoms with Gasteiger partial charge in [0.25, 0.3) is 11.8 Å². The summed E-state index contributed by atoms with van der Waals surface area (Å²) in [5, 5.41) is -0.0478. The quantitative estimate of drug-likeness (QED) is 0.0420. The molecule has 0 unspecified atom stereocenters. The van der Waals surface area contributed by atoms with Crippen molar-refractivity contribution in [2.75, 3.05) is 30.4 Å². The number of carbonyl (C=O) groups excluding carboxylic acids is 3. The minimum Gasteiger partial charge on any atom is -0.748 e. The van der Waals surface area contributed by atoms with Gasteiger partial charge in [-0.3, -0.25) is 14.4 Å². The summed E-state index contributed by atoms with van der Waals surface area (Å²) >= 11 is 2.36. The molecule has 210 valence electrons. The van der Waals surface area contributed by atoms with Gasteiger partial charge >= 0.3 is 0 Å². The number of amides is 2. The number of rotatable bonds is 18. The number of unbranched alkanes of at least 4 members (excludes halogenated alkanes) is 4. The third kappa shape index (κ3) is 13.4. The van der Waals surface area contributed by atoms with Crippen LogP contribution in [-0.2, 0) is 19.7 Å². The highest BCUT2D eigenvalue weighted by Crippen LogP contribution is 2.61. The standard InChI is InChI=1S/C26H41INO6PS2/c1-4-7-17-35(18-8-5-2,19-9-6-3)20-13-12-16-25(30)36-23-15-11-10-14-22(23)26(31)28(27)24(29)21-37(32,33)34/h10-11,14-15H,4-9,12-13,16-21H2,1-3H3. The van der Waals surface area contributed by atoms with Gasteiger partial charge < -0.3 is 4.55 Å². The zero-order chi connectivity index (χ0) is 27.9. The van der Waals surface area contributed by atoms with E-state index in [9.17, 15) is 27.4 Å². The van der Waals surface area contributed by atoms with Gasteiger partial charge in [0.2, 0.25) is 0 Å². The number of thioether (sulfide) groups is 1. The zero-order valence-corrected chi connectivity index (χ0v) is 26.9. The van der Waals surface area contributed by atoms with E-state index in [2.05, 4.69) is 20.8 Å². The van der Waals surface area contributed by atoms with Crippen LogP contribution in [0.15, 0.2) is 29.2 Å². The summed E-state index contributed by atoms with van der Waals surface area (Å²) in [6.07, 6.45) is 15.1. The highest BCUT2D eigenvalue weighted by Gasteiger charge is 2.34. The van der Waals surface area contributed by atoms with E-state index in [0.29, 0.717) is 14.4 Å². The molecule has 1 rings (SSSR count). The van der Waals surface area contributed by atoms with Crippen molar-refractivity contribution in [1.82, 2.24) is 3.11 Å². The Bertz CT molecular complexity index is 967. The normalized spacial score (nSPS) is 11.9. The van der Waals surface area contributed by atoms with Crippen molar-refractivity contribution in [3.05, 3.63) is 29.8 Å². The molecule has 7 nitrogen and oxygen atoms in total. The first-order valence-electron chi connectivity index (χ1n) is 13.1. The van der Waals surface area contributed by atoms with Crippen LogP contribution in [0.4, 0.5) is 0 Å². The van der Waals surface area contributed by atoms with Crippen LogP contribution in [0.25, 0.3) is 0 Å². The first-order valence-corrected chi connectivity index (χ1v) is 19.0. The Balaban J connectivity index is 2.77. The van der Waals surface area contributed by atoms with E-state index < -0.39 is 34.9 Å². The van der Waals surface area contributed by atoms with E-state index in [1.54, 1.807) is 18.2 Å². The van der Waals surface area contributed by atoms with Gasteiger partial charge in [-0.05, 0) is 44.2 Å². The van der Waals surface area contributed by atoms with Crippen molar-refractivity contribution < 1.29 is 27.4 Å². The predicted molar refractivity (Wildman–Crippen MR) is 162 cm³/mol. The topological polar surface area (TPSA) is 112 Å². The Morgan fingerprint density at radius 1 is 0.892 bits per heavy atom. The monoisotopic (exact) mass is 685 g/mol. The predicted octanol–water partition coefficient (Wildman–Crippen LogP) is 6.76. The molecule has 37 heavy (non-hydrogen) atoms. The van der Waals surface area contributed by atoms with Crippen LogP contribution < -0.4 is 0 Å². The Hall–Kier alpha value is -0.550. The van der Waals surface area contributed by atoms with E-state index in [1.165, 1.54) is 92.1 Å². The summed E-state index contributed by atoms with van der Waals surface area (Å²) in [5.41, 5.74) is 0.121. The lowest BCUT2D eigenvalue weighted by Gasteiger charge is -2.28. The molecule has 0 radical (unpaired) electrons. The first kappa shape index (κ1) is 34.5. The average molecular weight is 686 g/mol. The molecule has 1 aromatic carbocycles. The van der Waals surface area contributed by atoms with Crippen molar-refractivity contribution in [3.63, 3.8) is 0 Å². The highest BCUT2D eigenvalue weighted by atomic mass is 127. The second kappa shape index (κ2) is 17.9. The van der Waals surface area contributed by atoms with Crippen molar-refractivity contribution in [3.8, 4) is 0 Å². The Morgan fingerprint density at radius 2 is 1.41 bits per heavy atom. The number of hydrogen-bond donors (Lipinski definition) is 0. The number of halogens is 1. The number of hydrogen-bond acceptors (Lipinski definition) is 7. The van der Waals surface area contributed by atoms with Gasteiger partial charge in [0, 0.05) is 18.6 Å². The Kier molecular flexibility index (Phi) is 16.7. The minimum atomic E-state index is -4.81. The molecule has 0 spiro atoms. The SMILES string of the molecule is CCCC[P+](CCCC)(CCCC)CCCCC(=O)Sc1ccccc1C(=O)N(I)C(=O)CS(=O)(=O)[O-]. The summed E-state index contributed by atoms with van der Waals surface area (Å²) in [5.74, 6) is -3.18. The highest BCUT2D eigenvalue weighted by molar-refractivity contribution is 14.1. The molecule has 11 heteroatoms. The molecular formula is C26H41INO6PS2. The van der Waals surface area contributed by atoms with Crippen LogP contribution in [0.2, 0.25) is 0 Å². The molecule has 0 N–H and O–H groups in total. The number of imide groups is 1. The van der Waals surface area contributed by atoms with Crippen LogP contribution in [-0.4, -0.2) is 63.4 Å². The average Bonchev–Trinajstić information content (AvgIpc) is 2.85. The number of benzene rings is 1. The van der Waals surface area contributed by atoms with Crippen LogP contribution in [0.1, 0.15) is 88.9 Å². The lowest BCUT2D eigenvalue weighted by molar-refractivity contribution is -0.121. The molecule has 0 aromatic heterocycles. The molecule has 0 atom stereocenters. The molecule has 0 saturated carbocycles. The van der Waals surface area contributed by atoms with Gasteiger partial charge in [-0.1, -0.05) is 63.9 Å². The fourth-order valence-corrected chi connectivity index (χ4v) is 11.4. The smallest absolute Gasteiger partial charge is 0.270 e. The molecule has 2 amide bonds. The van der Waals surface area contributed by atoms with Gasteiger partial charge in [-0.15, -0.1) is 0 Å². The van der Waals surface area contributed by atoms with Crippen molar-refractivity contribution in [2.45, 2.75) is 83.5 Å². The number of nitrogens with zero attached hydrogens (tertiary/aromatic N) is 1. The molecule has 0 aliphatic carbocycles. The largest absolute Gasteiger partial charge is 0.748 e. The number of carbonyl (C=O) groups is 3. The molecule has 0 aliphatic heterocycles. The summed E-state index contributed by atoms with van der Waals surface area (Å²) < 4.78 is 33.3. The fourth-order valence-electron chi connectivity index (χ4n) is 4.20. The van der Waals surface area contributed by atoms with E-state index >= 15 is 0 Å². The summed E-state index contributed by atoms with van der Waals surface area (Å²) in [7, 11) is -5.80. The van der Waals surface area contributed by atoms with Gasteiger partial charge in [0.15, 0.2) is 5.12 Å². The maximum Gasteiger partial charge on any atom is 0.270 e. The third-order valence-electron chi connectivity index (χ3n) is 6.26. The summed E-state index contributed by atoms with van der Waals surface area (Å²) in [6.45, 7) is 6.77. The zero-order valence-electron chi connectivity index (χ0n) is 22.2. The second-order valence-corrected chi connectivity index (χ2v) is 17.3. The molecule has 0 heterocycles. The molecule has 1 aromatic rings. The van der Waals surface area contributed by atoms with Crippen molar-refractivity contribution in [1.29, 1.82) is 0 Å². The lowest BCUT2D eigenvalue weighted by atomic mass is 10.2. The van der Waals surface area contributed by atoms with Crippen molar-refractivity contribution >= 4 is 68.9 Å². The maximum atomic E-state index is 12.8. The Labute approximate surface area is 241 Å². The van der Waals surface area contributed by atoms with Crippen LogP contribution in [0, 0.1) is 0 Å². The van der Waals surface area contributed by atoms with E-state index in [-0.39, 0.29) is 10.7 Å². The maximum absolute atomic E-state index is 12.8. The fraction of sp³-hybridized carbons (Fsp3) is 0.654. The Morgan fingerprint density at radius 3 is 1.92 bits per heavy atom. The van der Waals surface area contributed by atoms with E-state index in [0.717, 1.165) is 24.6 Å². The molecule has 0 aliphatic rings. The first-order chi connectivity index (χ1) is 17.5. The molecule has 0 bridgehead atoms. The summed E-state index contributed by atoms with van der Waals surface area (Å²) in [4.78, 5) is 38.0. The van der Waals surface area contributed by atoms with E-state index in [4.69, 9.17) is 0 Å². The second-order valence-electron chi connectivity index (χ2n) is 9.41. The third-order valence-corrected chi connectivity index (χ3v) is 13.9. The minimum absolute atomic E-state index is 0.0478. The van der Waals surface area contributed by atoms with Gasteiger partial charge in [0.05, 0.1) is 53.1 Å². The van der Waals surface area contributed by atoms with Crippen LogP contribution in [0.3, 0.4) is 0 Å². The summed E-state index contributed by atoms with van der Waals surface area (Å²) in [6, 6.07) is 6.41.